The molecule has 2 N–H and O–H groups in total. The number of hydrogen-bond donors (Lipinski definition) is 1. The Morgan fingerprint density at radius 2 is 1.83 bits per heavy atom. The fourth-order valence-corrected chi connectivity index (χ4v) is 2.05. The van der Waals surface area contributed by atoms with Crippen molar-refractivity contribution in [1.82, 2.24) is 4.58 Å². The molecule has 1 aromatic rings. The Hall–Kier alpha value is -2.29. The van der Waals surface area contributed by atoms with E-state index in [1.165, 1.54) is 0 Å². The lowest BCUT2D eigenvalue weighted by Crippen LogP contribution is -2.21. The van der Waals surface area contributed by atoms with Crippen molar-refractivity contribution in [2.75, 3.05) is 19.8 Å². The van der Waals surface area contributed by atoms with Crippen molar-refractivity contribution in [2.24, 2.45) is 0 Å². The predicted molar refractivity (Wildman–Crippen MR) is 74.4 cm³/mol. The second-order valence-electron chi connectivity index (χ2n) is 4.66. The van der Waals surface area contributed by atoms with Crippen LogP contribution < -0.4 is 15.7 Å². The first-order chi connectivity index (χ1) is 8.63. The van der Waals surface area contributed by atoms with Gasteiger partial charge in [-0.05, 0) is 24.3 Å². The molecule has 3 rings (SSSR count). The van der Waals surface area contributed by atoms with Crippen LogP contribution in [0.1, 0.15) is 0 Å². The molecule has 1 aliphatic carbocycles. The van der Waals surface area contributed by atoms with Crippen molar-refractivity contribution in [3.63, 3.8) is 0 Å². The van der Waals surface area contributed by atoms with Crippen LogP contribution >= 0.6 is 0 Å². The van der Waals surface area contributed by atoms with E-state index in [0.717, 1.165) is 33.3 Å². The van der Waals surface area contributed by atoms with Crippen molar-refractivity contribution >= 4 is 16.7 Å². The number of nitrogen functional groups attached to an aromatic ring is 1. The van der Waals surface area contributed by atoms with Gasteiger partial charge in [-0.2, -0.15) is 0 Å². The Labute approximate surface area is 105 Å². The van der Waals surface area contributed by atoms with E-state index in [9.17, 15) is 0 Å². The summed E-state index contributed by atoms with van der Waals surface area (Å²) < 4.78 is 7.97. The first-order valence-electron chi connectivity index (χ1n) is 5.87. The molecule has 0 saturated carbocycles. The fourth-order valence-electron chi connectivity index (χ4n) is 2.05. The highest BCUT2D eigenvalue weighted by Gasteiger charge is 2.08. The molecular weight excluding hydrogens is 224 g/mol. The van der Waals surface area contributed by atoms with Crippen LogP contribution in [0.4, 0.5) is 5.69 Å². The zero-order valence-electron chi connectivity index (χ0n) is 10.5. The molecule has 0 unspecified atom stereocenters. The van der Waals surface area contributed by atoms with Crippen molar-refractivity contribution in [3.05, 3.63) is 47.8 Å². The van der Waals surface area contributed by atoms with Gasteiger partial charge in [-0.1, -0.05) is 0 Å². The molecule has 3 nitrogen and oxygen atoms in total. The third-order valence-electron chi connectivity index (χ3n) is 3.08. The number of nitrogens with two attached hydrogens (primary N) is 1. The second-order valence-corrected chi connectivity index (χ2v) is 4.66. The van der Waals surface area contributed by atoms with Crippen LogP contribution in [0.15, 0.2) is 46.9 Å². The zero-order valence-corrected chi connectivity index (χ0v) is 10.5. The van der Waals surface area contributed by atoms with Crippen molar-refractivity contribution in [3.8, 4) is 11.3 Å². The van der Waals surface area contributed by atoms with E-state index in [0.29, 0.717) is 0 Å². The third-order valence-corrected chi connectivity index (χ3v) is 3.08. The number of rotatable bonds is 0. The summed E-state index contributed by atoms with van der Waals surface area (Å²) in [6.45, 7) is 0. The van der Waals surface area contributed by atoms with Crippen LogP contribution in [0, 0.1) is 0 Å². The largest absolute Gasteiger partial charge is 0.456 e. The van der Waals surface area contributed by atoms with Crippen LogP contribution in [0.25, 0.3) is 22.3 Å². The SMILES string of the molecule is C[N+](C)=c1ccc2cc3ccc(N)cc3oc-2c1. The molecule has 1 aromatic carbocycles. The monoisotopic (exact) mass is 239 g/mol. The minimum atomic E-state index is 0.717. The standard InChI is InChI=1S/C15H14N2O/c1-17(2)13-6-4-11-7-10-3-5-12(16)8-14(10)18-15(11)9-13/h3-9,16H,1-2H3/p+1. The maximum Gasteiger partial charge on any atom is 0.203 e. The van der Waals surface area contributed by atoms with Gasteiger partial charge in [0.05, 0.1) is 6.07 Å². The van der Waals surface area contributed by atoms with E-state index in [-0.39, 0.29) is 0 Å². The fraction of sp³-hybridized carbons (Fsp3) is 0.133. The molecule has 0 aromatic heterocycles. The van der Waals surface area contributed by atoms with Gasteiger partial charge in [0, 0.05) is 28.8 Å². The maximum absolute atomic E-state index is 5.91. The highest BCUT2D eigenvalue weighted by atomic mass is 16.3. The molecule has 90 valence electrons. The summed E-state index contributed by atoms with van der Waals surface area (Å²) in [5.74, 6) is 0.874. The Bertz CT molecular complexity index is 767. The molecule has 0 atom stereocenters. The summed E-state index contributed by atoms with van der Waals surface area (Å²) in [4.78, 5) is 0. The number of nitrogens with zero attached hydrogens (tertiary/aromatic N) is 1. The lowest BCUT2D eigenvalue weighted by Gasteiger charge is -2.06. The summed E-state index contributed by atoms with van der Waals surface area (Å²) in [5, 5.41) is 2.18. The number of hydrogen-bond acceptors (Lipinski definition) is 2. The summed E-state index contributed by atoms with van der Waals surface area (Å²) >= 11 is 0. The summed E-state index contributed by atoms with van der Waals surface area (Å²) in [6, 6.07) is 14.0. The van der Waals surface area contributed by atoms with Gasteiger partial charge in [-0.25, -0.2) is 4.58 Å². The molecule has 3 heteroatoms. The molecular formula is C15H15N2O+. The minimum absolute atomic E-state index is 0.717. The van der Waals surface area contributed by atoms with Crippen LogP contribution in [-0.4, -0.2) is 14.1 Å². The summed E-state index contributed by atoms with van der Waals surface area (Å²) in [6.07, 6.45) is 0. The molecule has 0 amide bonds. The molecule has 18 heavy (non-hydrogen) atoms. The third kappa shape index (κ3) is 1.74. The Morgan fingerprint density at radius 3 is 2.61 bits per heavy atom. The molecule has 1 heterocycles. The van der Waals surface area contributed by atoms with E-state index in [1.54, 1.807) is 0 Å². The van der Waals surface area contributed by atoms with E-state index in [2.05, 4.69) is 22.8 Å². The average Bonchev–Trinajstić information content (AvgIpc) is 2.35. The van der Waals surface area contributed by atoms with Crippen LogP contribution in [0.5, 0.6) is 0 Å². The molecule has 0 spiro atoms. The molecule has 0 bridgehead atoms. The van der Waals surface area contributed by atoms with Crippen molar-refractivity contribution in [2.45, 2.75) is 0 Å². The van der Waals surface area contributed by atoms with Gasteiger partial charge < -0.3 is 10.2 Å². The van der Waals surface area contributed by atoms with Crippen molar-refractivity contribution in [1.29, 1.82) is 0 Å². The number of benzene rings is 2. The zero-order chi connectivity index (χ0) is 12.7. The number of anilines is 1. The first-order valence-corrected chi connectivity index (χ1v) is 5.87. The van der Waals surface area contributed by atoms with Gasteiger partial charge in [-0.15, -0.1) is 0 Å². The molecule has 1 aliphatic heterocycles. The molecule has 2 aliphatic rings. The van der Waals surface area contributed by atoms with E-state index in [4.69, 9.17) is 10.2 Å². The minimum Gasteiger partial charge on any atom is -0.456 e. The normalized spacial score (nSPS) is 11.0. The van der Waals surface area contributed by atoms with E-state index in [1.807, 2.05) is 38.4 Å². The topological polar surface area (TPSA) is 42.2 Å². The average molecular weight is 239 g/mol. The van der Waals surface area contributed by atoms with Gasteiger partial charge in [0.15, 0.2) is 0 Å². The highest BCUT2D eigenvalue weighted by molar-refractivity contribution is 5.84. The molecule has 0 radical (unpaired) electrons. The van der Waals surface area contributed by atoms with Gasteiger partial charge in [0.1, 0.15) is 25.4 Å². The lowest BCUT2D eigenvalue weighted by atomic mass is 10.1. The van der Waals surface area contributed by atoms with E-state index >= 15 is 0 Å². The van der Waals surface area contributed by atoms with Gasteiger partial charge in [-0.3, -0.25) is 0 Å². The molecule has 0 saturated heterocycles. The predicted octanol–water partition coefficient (Wildman–Crippen LogP) is 2.15. The Morgan fingerprint density at radius 1 is 1.00 bits per heavy atom. The second kappa shape index (κ2) is 3.88. The van der Waals surface area contributed by atoms with Crippen LogP contribution in [-0.2, 0) is 0 Å². The quantitative estimate of drug-likeness (QED) is 0.371. The van der Waals surface area contributed by atoms with Crippen LogP contribution in [0.2, 0.25) is 0 Å². The lowest BCUT2D eigenvalue weighted by molar-refractivity contribution is 0.617. The number of fused-ring (bicyclic) bond motifs is 2. The van der Waals surface area contributed by atoms with Crippen LogP contribution in [0.3, 0.4) is 0 Å². The molecule has 0 fully saturated rings. The summed E-state index contributed by atoms with van der Waals surface area (Å²) in [7, 11) is 4.03. The smallest absolute Gasteiger partial charge is 0.203 e. The highest BCUT2D eigenvalue weighted by Crippen LogP contribution is 2.27. The Balaban J connectivity index is 2.40. The van der Waals surface area contributed by atoms with Crippen molar-refractivity contribution < 1.29 is 4.42 Å². The summed E-state index contributed by atoms with van der Waals surface area (Å²) in [5.41, 5.74) is 8.41. The first kappa shape index (κ1) is 10.8. The Kier molecular flexibility index (Phi) is 2.33. The van der Waals surface area contributed by atoms with Gasteiger partial charge in [0.25, 0.3) is 0 Å². The maximum atomic E-state index is 5.91. The van der Waals surface area contributed by atoms with Gasteiger partial charge >= 0.3 is 0 Å². The van der Waals surface area contributed by atoms with Gasteiger partial charge in [0.2, 0.25) is 5.36 Å². The van der Waals surface area contributed by atoms with E-state index < -0.39 is 0 Å².